The van der Waals surface area contributed by atoms with Crippen molar-refractivity contribution in [3.05, 3.63) is 16.2 Å². The van der Waals surface area contributed by atoms with E-state index in [1.54, 1.807) is 11.5 Å². The molecule has 1 aromatic rings. The Morgan fingerprint density at radius 1 is 1.75 bits per heavy atom. The molecule has 16 heavy (non-hydrogen) atoms. The smallest absolute Gasteiger partial charge is 0.311 e. The molecule has 0 aliphatic carbocycles. The van der Waals surface area contributed by atoms with E-state index in [-0.39, 0.29) is 18.9 Å². The summed E-state index contributed by atoms with van der Waals surface area (Å²) in [6.45, 7) is 2.39. The SMILES string of the molecule is CCOC(=O)Cc1[nH]c(=S)n2c1CC(F)C2. The number of ether oxygens (including phenoxy) is 1. The van der Waals surface area contributed by atoms with Gasteiger partial charge < -0.3 is 14.3 Å². The summed E-state index contributed by atoms with van der Waals surface area (Å²) >= 11 is 5.06. The Kier molecular flexibility index (Phi) is 3.09. The minimum absolute atomic E-state index is 0.131. The molecule has 0 saturated heterocycles. The molecule has 1 N–H and O–H groups in total. The van der Waals surface area contributed by atoms with Crippen LogP contribution < -0.4 is 0 Å². The summed E-state index contributed by atoms with van der Waals surface area (Å²) in [5.74, 6) is -0.315. The maximum Gasteiger partial charge on any atom is 0.311 e. The summed E-state index contributed by atoms with van der Waals surface area (Å²) in [5.41, 5.74) is 1.48. The maximum absolute atomic E-state index is 13.2. The van der Waals surface area contributed by atoms with Crippen LogP contribution >= 0.6 is 12.2 Å². The molecule has 4 nitrogen and oxygen atoms in total. The highest BCUT2D eigenvalue weighted by Gasteiger charge is 2.26. The van der Waals surface area contributed by atoms with Crippen LogP contribution in [0.1, 0.15) is 18.3 Å². The average molecular weight is 244 g/mol. The van der Waals surface area contributed by atoms with Crippen molar-refractivity contribution < 1.29 is 13.9 Å². The molecule has 0 saturated carbocycles. The number of esters is 1. The lowest BCUT2D eigenvalue weighted by Crippen LogP contribution is -2.09. The number of aromatic nitrogens is 2. The summed E-state index contributed by atoms with van der Waals surface area (Å²) in [7, 11) is 0. The fourth-order valence-electron chi connectivity index (χ4n) is 1.96. The molecule has 1 aliphatic heterocycles. The van der Waals surface area contributed by atoms with Gasteiger partial charge in [-0.15, -0.1) is 0 Å². The summed E-state index contributed by atoms with van der Waals surface area (Å²) in [6.07, 6.45) is -0.443. The number of carbonyl (C=O) groups excluding carboxylic acids is 1. The lowest BCUT2D eigenvalue weighted by molar-refractivity contribution is -0.142. The monoisotopic (exact) mass is 244 g/mol. The normalized spacial score (nSPS) is 18.5. The third-order valence-corrected chi connectivity index (χ3v) is 2.92. The van der Waals surface area contributed by atoms with Gasteiger partial charge >= 0.3 is 5.97 Å². The van der Waals surface area contributed by atoms with Crippen LogP contribution in [-0.4, -0.2) is 28.3 Å². The van der Waals surface area contributed by atoms with E-state index in [0.717, 1.165) is 5.69 Å². The van der Waals surface area contributed by atoms with E-state index in [1.807, 2.05) is 0 Å². The Bertz CT molecular complexity index is 466. The zero-order valence-corrected chi connectivity index (χ0v) is 9.77. The summed E-state index contributed by atoms with van der Waals surface area (Å²) < 4.78 is 20.2. The topological polar surface area (TPSA) is 47.0 Å². The van der Waals surface area contributed by atoms with E-state index >= 15 is 0 Å². The minimum Gasteiger partial charge on any atom is -0.466 e. The first-order valence-corrected chi connectivity index (χ1v) is 5.63. The van der Waals surface area contributed by atoms with E-state index in [2.05, 4.69) is 4.98 Å². The fourth-order valence-corrected chi connectivity index (χ4v) is 2.26. The van der Waals surface area contributed by atoms with Gasteiger partial charge in [0.05, 0.1) is 19.6 Å². The van der Waals surface area contributed by atoms with Gasteiger partial charge in [-0.25, -0.2) is 4.39 Å². The molecule has 0 amide bonds. The zero-order valence-electron chi connectivity index (χ0n) is 8.96. The van der Waals surface area contributed by atoms with Gasteiger partial charge in [0.2, 0.25) is 0 Å². The second-order valence-corrected chi connectivity index (χ2v) is 4.14. The number of imidazole rings is 1. The number of alkyl halides is 1. The molecule has 1 aliphatic rings. The molecular formula is C10H13FN2O2S. The highest BCUT2D eigenvalue weighted by Crippen LogP contribution is 2.22. The summed E-state index contributed by atoms with van der Waals surface area (Å²) in [4.78, 5) is 14.3. The number of hydrogen-bond donors (Lipinski definition) is 1. The second kappa shape index (κ2) is 4.37. The Hall–Kier alpha value is -1.17. The molecule has 2 heterocycles. The third kappa shape index (κ3) is 2.02. The largest absolute Gasteiger partial charge is 0.466 e. The number of hydrogen-bond acceptors (Lipinski definition) is 3. The molecule has 6 heteroatoms. The van der Waals surface area contributed by atoms with Crippen molar-refractivity contribution in [2.45, 2.75) is 32.5 Å². The van der Waals surface area contributed by atoms with E-state index < -0.39 is 6.17 Å². The standard InChI is InChI=1S/C10H13FN2O2S/c1-2-15-9(14)4-7-8-3-6(11)5-13(8)10(16)12-7/h6H,2-5H2,1H3,(H,12,16). The van der Waals surface area contributed by atoms with Crippen LogP contribution in [0, 0.1) is 4.77 Å². The molecule has 0 fully saturated rings. The Labute approximate surface area is 97.4 Å². The number of H-pyrrole nitrogens is 1. The number of nitrogens with zero attached hydrogens (tertiary/aromatic N) is 1. The minimum atomic E-state index is -0.896. The molecule has 1 unspecified atom stereocenters. The highest BCUT2D eigenvalue weighted by molar-refractivity contribution is 7.71. The third-order valence-electron chi connectivity index (χ3n) is 2.60. The first-order chi connectivity index (χ1) is 7.61. The number of rotatable bonds is 3. The van der Waals surface area contributed by atoms with E-state index in [1.165, 1.54) is 0 Å². The molecular weight excluding hydrogens is 231 g/mol. The Morgan fingerprint density at radius 3 is 3.19 bits per heavy atom. The van der Waals surface area contributed by atoms with Crippen LogP contribution in [0.2, 0.25) is 0 Å². The van der Waals surface area contributed by atoms with Gasteiger partial charge in [-0.2, -0.15) is 0 Å². The summed E-state index contributed by atoms with van der Waals surface area (Å²) in [5, 5.41) is 0. The van der Waals surface area contributed by atoms with Gasteiger partial charge in [0.15, 0.2) is 4.77 Å². The quantitative estimate of drug-likeness (QED) is 0.648. The van der Waals surface area contributed by atoms with E-state index in [4.69, 9.17) is 17.0 Å². The molecule has 1 aromatic heterocycles. The van der Waals surface area contributed by atoms with Crippen LogP contribution in [0.4, 0.5) is 4.39 Å². The predicted molar refractivity (Wildman–Crippen MR) is 58.6 cm³/mol. The second-order valence-electron chi connectivity index (χ2n) is 3.75. The maximum atomic E-state index is 13.2. The highest BCUT2D eigenvalue weighted by atomic mass is 32.1. The number of fused-ring (bicyclic) bond motifs is 1. The fraction of sp³-hybridized carbons (Fsp3) is 0.600. The first kappa shape index (κ1) is 11.3. The van der Waals surface area contributed by atoms with Crippen molar-refractivity contribution >= 4 is 18.2 Å². The van der Waals surface area contributed by atoms with Gasteiger partial charge in [0.1, 0.15) is 6.17 Å². The van der Waals surface area contributed by atoms with Crippen LogP contribution in [0.15, 0.2) is 0 Å². The van der Waals surface area contributed by atoms with Gasteiger partial charge in [-0.05, 0) is 19.1 Å². The van der Waals surface area contributed by atoms with Crippen molar-refractivity contribution in [3.8, 4) is 0 Å². The van der Waals surface area contributed by atoms with Crippen molar-refractivity contribution in [3.63, 3.8) is 0 Å². The van der Waals surface area contributed by atoms with Crippen molar-refractivity contribution in [1.29, 1.82) is 0 Å². The molecule has 2 rings (SSSR count). The van der Waals surface area contributed by atoms with Crippen LogP contribution in [0.25, 0.3) is 0 Å². The number of nitrogens with one attached hydrogen (secondary N) is 1. The van der Waals surface area contributed by atoms with Crippen molar-refractivity contribution in [1.82, 2.24) is 9.55 Å². The lowest BCUT2D eigenvalue weighted by Gasteiger charge is -2.01. The van der Waals surface area contributed by atoms with E-state index in [0.29, 0.717) is 23.5 Å². The Morgan fingerprint density at radius 2 is 2.50 bits per heavy atom. The number of carbonyl (C=O) groups is 1. The molecule has 0 bridgehead atoms. The molecule has 1 atom stereocenters. The lowest BCUT2D eigenvalue weighted by atomic mass is 10.2. The van der Waals surface area contributed by atoms with Crippen LogP contribution in [-0.2, 0) is 28.9 Å². The van der Waals surface area contributed by atoms with Gasteiger partial charge in [-0.3, -0.25) is 4.79 Å². The molecule has 88 valence electrons. The number of halogens is 1. The van der Waals surface area contributed by atoms with Crippen LogP contribution in [0.3, 0.4) is 0 Å². The predicted octanol–water partition coefficient (Wildman–Crippen LogP) is 1.55. The zero-order chi connectivity index (χ0) is 11.7. The summed E-state index contributed by atoms with van der Waals surface area (Å²) in [6, 6.07) is 0. The van der Waals surface area contributed by atoms with Gasteiger partial charge in [-0.1, -0.05) is 0 Å². The molecule has 0 spiro atoms. The van der Waals surface area contributed by atoms with Crippen molar-refractivity contribution in [2.75, 3.05) is 6.61 Å². The molecule has 0 radical (unpaired) electrons. The van der Waals surface area contributed by atoms with Gasteiger partial charge in [0, 0.05) is 17.8 Å². The first-order valence-electron chi connectivity index (χ1n) is 5.22. The van der Waals surface area contributed by atoms with E-state index in [9.17, 15) is 9.18 Å². The number of aromatic amines is 1. The average Bonchev–Trinajstić information content (AvgIpc) is 2.69. The Balaban J connectivity index is 2.21. The molecule has 0 aromatic carbocycles. The van der Waals surface area contributed by atoms with Gasteiger partial charge in [0.25, 0.3) is 0 Å². The van der Waals surface area contributed by atoms with Crippen LogP contribution in [0.5, 0.6) is 0 Å². The van der Waals surface area contributed by atoms with Crippen molar-refractivity contribution in [2.24, 2.45) is 0 Å².